The zero-order chi connectivity index (χ0) is 19.8. The van der Waals surface area contributed by atoms with Crippen molar-refractivity contribution < 1.29 is 9.53 Å². The minimum Gasteiger partial charge on any atom is -0.494 e. The summed E-state index contributed by atoms with van der Waals surface area (Å²) < 4.78 is 6.88. The van der Waals surface area contributed by atoms with Gasteiger partial charge in [0.2, 0.25) is 0 Å². The monoisotopic (exact) mass is 428 g/mol. The Balaban J connectivity index is 1.21. The fourth-order valence-corrected chi connectivity index (χ4v) is 6.56. The van der Waals surface area contributed by atoms with Crippen LogP contribution in [-0.2, 0) is 4.79 Å². The predicted molar refractivity (Wildman–Crippen MR) is 118 cm³/mol. The lowest BCUT2D eigenvalue weighted by Gasteiger charge is -2.36. The van der Waals surface area contributed by atoms with Gasteiger partial charge in [-0.15, -0.1) is 23.1 Å². The molecule has 0 bridgehead atoms. The van der Waals surface area contributed by atoms with Crippen molar-refractivity contribution in [2.75, 3.05) is 43.4 Å². The van der Waals surface area contributed by atoms with E-state index in [0.29, 0.717) is 12.3 Å². The highest BCUT2D eigenvalue weighted by Crippen LogP contribution is 2.45. The van der Waals surface area contributed by atoms with E-state index in [1.54, 1.807) is 11.3 Å². The van der Waals surface area contributed by atoms with Gasteiger partial charge in [0.05, 0.1) is 16.9 Å². The van der Waals surface area contributed by atoms with Crippen molar-refractivity contribution in [3.05, 3.63) is 41.3 Å². The number of amides is 1. The number of hydrogen-bond acceptors (Lipinski definition) is 7. The number of nitrogens with one attached hydrogen (secondary N) is 1. The largest absolute Gasteiger partial charge is 0.494 e. The van der Waals surface area contributed by atoms with Crippen molar-refractivity contribution >= 4 is 40.4 Å². The topological polar surface area (TPSA) is 57.2 Å². The van der Waals surface area contributed by atoms with Gasteiger partial charge in [-0.1, -0.05) is 0 Å². The van der Waals surface area contributed by atoms with E-state index in [4.69, 9.17) is 4.74 Å². The summed E-state index contributed by atoms with van der Waals surface area (Å²) in [6.07, 6.45) is 0. The molecule has 1 fully saturated rings. The van der Waals surface area contributed by atoms with Crippen LogP contribution in [0.4, 0.5) is 5.69 Å². The van der Waals surface area contributed by atoms with Crippen molar-refractivity contribution in [2.24, 2.45) is 11.0 Å². The molecule has 2 unspecified atom stereocenters. The summed E-state index contributed by atoms with van der Waals surface area (Å²) in [5.41, 5.74) is 6.41. The maximum atomic E-state index is 13.2. The van der Waals surface area contributed by atoms with Crippen LogP contribution >= 0.6 is 23.1 Å². The van der Waals surface area contributed by atoms with Crippen molar-refractivity contribution in [1.82, 2.24) is 10.3 Å². The highest BCUT2D eigenvalue weighted by molar-refractivity contribution is 8.01. The van der Waals surface area contributed by atoms with E-state index in [0.717, 1.165) is 37.7 Å². The number of hydrazone groups is 1. The third kappa shape index (κ3) is 3.48. The van der Waals surface area contributed by atoms with Gasteiger partial charge < -0.3 is 20.0 Å². The number of fused-ring (bicyclic) bond motifs is 3. The maximum absolute atomic E-state index is 13.2. The smallest absolute Gasteiger partial charge is 0.270 e. The van der Waals surface area contributed by atoms with Crippen LogP contribution in [0, 0.1) is 5.92 Å². The average Bonchev–Trinajstić information content (AvgIpc) is 3.41. The molecule has 1 aromatic carbocycles. The molecule has 3 aliphatic heterocycles. The number of rotatable bonds is 4. The molecule has 0 spiro atoms. The second kappa shape index (κ2) is 7.91. The van der Waals surface area contributed by atoms with Crippen molar-refractivity contribution in [1.29, 1.82) is 0 Å². The quantitative estimate of drug-likeness (QED) is 0.810. The molecule has 2 atom stereocenters. The zero-order valence-corrected chi connectivity index (χ0v) is 18.0. The van der Waals surface area contributed by atoms with Gasteiger partial charge in [0, 0.05) is 49.1 Å². The average molecular weight is 429 g/mol. The molecule has 0 saturated carbocycles. The van der Waals surface area contributed by atoms with Crippen LogP contribution in [0.2, 0.25) is 0 Å². The van der Waals surface area contributed by atoms with Gasteiger partial charge in [-0.2, -0.15) is 5.10 Å². The van der Waals surface area contributed by atoms with E-state index < -0.39 is 0 Å². The molecule has 8 heteroatoms. The molecule has 29 heavy (non-hydrogen) atoms. The first-order valence-electron chi connectivity index (χ1n) is 10.0. The number of piperazine rings is 1. The number of hydrogen-bond donors (Lipinski definition) is 1. The van der Waals surface area contributed by atoms with Crippen LogP contribution < -0.4 is 15.1 Å². The fourth-order valence-electron chi connectivity index (χ4n) is 4.21. The highest BCUT2D eigenvalue weighted by atomic mass is 32.2. The molecular weight excluding hydrogens is 404 g/mol. The lowest BCUT2D eigenvalue weighted by atomic mass is 9.92. The van der Waals surface area contributed by atoms with Gasteiger partial charge in [-0.25, -0.2) is 0 Å². The summed E-state index contributed by atoms with van der Waals surface area (Å²) in [7, 11) is 0. The van der Waals surface area contributed by atoms with Gasteiger partial charge in [-0.3, -0.25) is 4.79 Å². The number of anilines is 1. The molecular formula is C21H24N4O2S2. The third-order valence-electron chi connectivity index (χ3n) is 5.76. The SMILES string of the molecule is CCOc1ccc(N2CCN(C(=O)C3=NNC4c5ccsc5SCC34)CC2)cc1. The van der Waals surface area contributed by atoms with E-state index in [2.05, 4.69) is 39.0 Å². The molecule has 2 aromatic rings. The normalized spacial score (nSPS) is 23.1. The Morgan fingerprint density at radius 1 is 1.21 bits per heavy atom. The van der Waals surface area contributed by atoms with E-state index in [1.807, 2.05) is 35.7 Å². The van der Waals surface area contributed by atoms with Gasteiger partial charge in [0.25, 0.3) is 5.91 Å². The standard InChI is InChI=1S/C21H24N4O2S2/c1-2-27-15-5-3-14(4-6-15)24-8-10-25(11-9-24)20(26)19-17-13-29-21-16(7-12-28-21)18(17)22-23-19/h3-7,12,17-18,22H,2,8-11,13H2,1H3. The number of carbonyl (C=O) groups is 1. The molecule has 152 valence electrons. The molecule has 5 rings (SSSR count). The van der Waals surface area contributed by atoms with E-state index >= 15 is 0 Å². The van der Waals surface area contributed by atoms with Gasteiger partial charge >= 0.3 is 0 Å². The number of thioether (sulfide) groups is 1. The molecule has 1 aromatic heterocycles. The summed E-state index contributed by atoms with van der Waals surface area (Å²) in [6, 6.07) is 10.5. The Labute approximate surface area is 178 Å². The van der Waals surface area contributed by atoms with Crippen molar-refractivity contribution in [2.45, 2.75) is 17.2 Å². The first kappa shape index (κ1) is 18.8. The Bertz CT molecular complexity index is 919. The molecule has 1 amide bonds. The number of carbonyl (C=O) groups excluding carboxylic acids is 1. The van der Waals surface area contributed by atoms with Gasteiger partial charge in [0.15, 0.2) is 0 Å². The Hall–Kier alpha value is -2.19. The maximum Gasteiger partial charge on any atom is 0.270 e. The summed E-state index contributed by atoms with van der Waals surface area (Å²) in [6.45, 7) is 5.77. The Kier molecular flexibility index (Phi) is 5.13. The summed E-state index contributed by atoms with van der Waals surface area (Å²) in [5.74, 6) is 2.07. The first-order chi connectivity index (χ1) is 14.2. The predicted octanol–water partition coefficient (Wildman–Crippen LogP) is 3.22. The number of nitrogens with zero attached hydrogens (tertiary/aromatic N) is 3. The van der Waals surface area contributed by atoms with Gasteiger partial charge in [0.1, 0.15) is 11.5 Å². The molecule has 6 nitrogen and oxygen atoms in total. The minimum absolute atomic E-state index is 0.0932. The first-order valence-corrected chi connectivity index (χ1v) is 11.9. The molecule has 4 heterocycles. The van der Waals surface area contributed by atoms with Crippen molar-refractivity contribution in [3.8, 4) is 5.75 Å². The lowest BCUT2D eigenvalue weighted by molar-refractivity contribution is -0.124. The summed E-state index contributed by atoms with van der Waals surface area (Å²) in [5, 5.41) is 6.60. The van der Waals surface area contributed by atoms with Crippen LogP contribution in [0.25, 0.3) is 0 Å². The molecule has 0 aliphatic carbocycles. The summed E-state index contributed by atoms with van der Waals surface area (Å²) >= 11 is 3.63. The van der Waals surface area contributed by atoms with E-state index in [1.165, 1.54) is 15.5 Å². The van der Waals surface area contributed by atoms with Crippen LogP contribution in [0.3, 0.4) is 0 Å². The van der Waals surface area contributed by atoms with Crippen LogP contribution in [-0.4, -0.2) is 55.1 Å². The lowest BCUT2D eigenvalue weighted by Crippen LogP contribution is -2.51. The zero-order valence-electron chi connectivity index (χ0n) is 16.3. The second-order valence-electron chi connectivity index (χ2n) is 7.39. The van der Waals surface area contributed by atoms with Crippen LogP contribution in [0.5, 0.6) is 5.75 Å². The minimum atomic E-state index is 0.0932. The van der Waals surface area contributed by atoms with E-state index in [9.17, 15) is 4.79 Å². The molecule has 1 N–H and O–H groups in total. The van der Waals surface area contributed by atoms with Gasteiger partial charge in [-0.05, 0) is 42.6 Å². The Morgan fingerprint density at radius 2 is 2.00 bits per heavy atom. The van der Waals surface area contributed by atoms with Crippen LogP contribution in [0.1, 0.15) is 18.5 Å². The van der Waals surface area contributed by atoms with E-state index in [-0.39, 0.29) is 17.9 Å². The second-order valence-corrected chi connectivity index (χ2v) is 9.60. The highest BCUT2D eigenvalue weighted by Gasteiger charge is 2.42. The third-order valence-corrected chi connectivity index (χ3v) is 8.15. The fraction of sp³-hybridized carbons (Fsp3) is 0.429. The number of benzene rings is 1. The molecule has 1 saturated heterocycles. The van der Waals surface area contributed by atoms with Crippen molar-refractivity contribution in [3.63, 3.8) is 0 Å². The number of ether oxygens (including phenoxy) is 1. The number of thiophene rings is 1. The molecule has 0 radical (unpaired) electrons. The van der Waals surface area contributed by atoms with Crippen LogP contribution in [0.15, 0.2) is 45.0 Å². The summed E-state index contributed by atoms with van der Waals surface area (Å²) in [4.78, 5) is 17.5. The Morgan fingerprint density at radius 3 is 2.76 bits per heavy atom. The molecule has 3 aliphatic rings.